The van der Waals surface area contributed by atoms with Crippen LogP contribution in [0.15, 0.2) is 28.8 Å². The second-order valence-corrected chi connectivity index (χ2v) is 10.0. The van der Waals surface area contributed by atoms with Gasteiger partial charge in [0.1, 0.15) is 18.1 Å². The van der Waals surface area contributed by atoms with Crippen LogP contribution in [0, 0.1) is 11.7 Å². The first-order valence-corrected chi connectivity index (χ1v) is 12.2. The van der Waals surface area contributed by atoms with Crippen LogP contribution in [-0.2, 0) is 16.8 Å². The van der Waals surface area contributed by atoms with Gasteiger partial charge in [-0.2, -0.15) is 10.1 Å². The Morgan fingerprint density at radius 1 is 1.28 bits per heavy atom. The topological polar surface area (TPSA) is 89.1 Å². The average molecular weight is 523 g/mol. The van der Waals surface area contributed by atoms with Gasteiger partial charge < -0.3 is 14.7 Å². The molecule has 1 aromatic carbocycles. The number of hydrogen-bond donors (Lipinski definition) is 1. The Labute approximate surface area is 210 Å². The van der Waals surface area contributed by atoms with Crippen molar-refractivity contribution >= 4 is 17.5 Å². The van der Waals surface area contributed by atoms with Gasteiger partial charge in [-0.05, 0) is 75.5 Å². The van der Waals surface area contributed by atoms with Crippen molar-refractivity contribution in [3.05, 3.63) is 52.2 Å². The van der Waals surface area contributed by atoms with E-state index < -0.39 is 23.4 Å². The fourth-order valence-electron chi connectivity index (χ4n) is 4.69. The highest BCUT2D eigenvalue weighted by atomic mass is 35.5. The van der Waals surface area contributed by atoms with Gasteiger partial charge in [0.05, 0.1) is 5.41 Å². The maximum Gasteiger partial charge on any atom is 0.280 e. The maximum atomic E-state index is 13.7. The molecule has 3 aromatic rings. The number of likely N-dealkylation sites (tertiary alicyclic amines) is 1. The number of piperidine rings is 1. The summed E-state index contributed by atoms with van der Waals surface area (Å²) in [7, 11) is 2.06. The van der Waals surface area contributed by atoms with Gasteiger partial charge >= 0.3 is 0 Å². The molecule has 0 unspecified atom stereocenters. The minimum atomic E-state index is -2.84. The van der Waals surface area contributed by atoms with Gasteiger partial charge in [0.25, 0.3) is 12.3 Å². The molecule has 1 saturated heterocycles. The van der Waals surface area contributed by atoms with Crippen LogP contribution in [-0.4, -0.2) is 57.4 Å². The quantitative estimate of drug-likeness (QED) is 0.477. The number of hydrogen-bond acceptors (Lipinski definition) is 6. The average Bonchev–Trinajstić information content (AvgIpc) is 3.28. The standard InChI is InChI=1S/C24H26ClF3N6O2/c1-33-8-4-14(5-9-33)12-29-20(35)13-34-19(21(27)28)11-18(31-34)22-30-23(32-36-22)24(6-7-24)16-3-2-15(26)10-17(16)25/h2-3,10-11,14,21H,4-9,12-13H2,1H3,(H,29,35). The third kappa shape index (κ3) is 4.99. The SMILES string of the molecule is CN1CCC(CNC(=O)Cn2nc(-c3nc(C4(c5ccc(F)cc5Cl)CC4)no3)cc2C(F)F)CC1. The van der Waals surface area contributed by atoms with Crippen molar-refractivity contribution in [3.8, 4) is 11.6 Å². The van der Waals surface area contributed by atoms with Gasteiger partial charge in [-0.25, -0.2) is 13.2 Å². The number of nitrogens with one attached hydrogen (secondary N) is 1. The maximum absolute atomic E-state index is 13.7. The molecule has 1 amide bonds. The first-order valence-electron chi connectivity index (χ1n) is 11.9. The summed E-state index contributed by atoms with van der Waals surface area (Å²) in [6.45, 7) is 2.10. The third-order valence-electron chi connectivity index (χ3n) is 7.02. The van der Waals surface area contributed by atoms with Crippen LogP contribution >= 0.6 is 11.6 Å². The van der Waals surface area contributed by atoms with Crippen molar-refractivity contribution in [2.75, 3.05) is 26.7 Å². The van der Waals surface area contributed by atoms with Crippen molar-refractivity contribution in [1.29, 1.82) is 0 Å². The highest BCUT2D eigenvalue weighted by Crippen LogP contribution is 2.54. The Morgan fingerprint density at radius 2 is 2.03 bits per heavy atom. The molecule has 1 saturated carbocycles. The van der Waals surface area contributed by atoms with Gasteiger partial charge in [-0.15, -0.1) is 0 Å². The van der Waals surface area contributed by atoms with Crippen LogP contribution in [0.25, 0.3) is 11.6 Å². The molecule has 1 aliphatic carbocycles. The van der Waals surface area contributed by atoms with E-state index in [1.807, 2.05) is 0 Å². The van der Waals surface area contributed by atoms with E-state index in [0.29, 0.717) is 36.7 Å². The molecule has 0 radical (unpaired) electrons. The summed E-state index contributed by atoms with van der Waals surface area (Å²) in [6.07, 6.45) is 0.490. The Hall–Kier alpha value is -2.92. The van der Waals surface area contributed by atoms with E-state index >= 15 is 0 Å². The normalized spacial score (nSPS) is 18.1. The molecule has 1 aliphatic heterocycles. The van der Waals surface area contributed by atoms with Crippen molar-refractivity contribution in [1.82, 2.24) is 30.1 Å². The van der Waals surface area contributed by atoms with Crippen LogP contribution in [0.3, 0.4) is 0 Å². The summed E-state index contributed by atoms with van der Waals surface area (Å²) >= 11 is 6.25. The lowest BCUT2D eigenvalue weighted by Gasteiger charge is -2.28. The number of rotatable bonds is 8. The van der Waals surface area contributed by atoms with E-state index in [2.05, 4.69) is 32.5 Å². The van der Waals surface area contributed by atoms with E-state index in [1.165, 1.54) is 12.1 Å². The number of benzene rings is 1. The van der Waals surface area contributed by atoms with Crippen molar-refractivity contribution in [2.24, 2.45) is 5.92 Å². The molecule has 0 atom stereocenters. The zero-order chi connectivity index (χ0) is 25.4. The summed E-state index contributed by atoms with van der Waals surface area (Å²) in [5.41, 5.74) is -0.304. The predicted octanol–water partition coefficient (Wildman–Crippen LogP) is 4.20. The second-order valence-electron chi connectivity index (χ2n) is 9.59. The number of aromatic nitrogens is 4. The van der Waals surface area contributed by atoms with Crippen LogP contribution in [0.5, 0.6) is 0 Å². The summed E-state index contributed by atoms with van der Waals surface area (Å²) < 4.78 is 47.2. The van der Waals surface area contributed by atoms with Crippen LogP contribution < -0.4 is 5.32 Å². The molecule has 0 spiro atoms. The lowest BCUT2D eigenvalue weighted by molar-refractivity contribution is -0.122. The number of amides is 1. The molecular weight excluding hydrogens is 497 g/mol. The molecule has 2 aliphatic rings. The first-order chi connectivity index (χ1) is 17.2. The fourth-order valence-corrected chi connectivity index (χ4v) is 5.04. The van der Waals surface area contributed by atoms with Gasteiger partial charge in [-0.1, -0.05) is 22.8 Å². The smallest absolute Gasteiger partial charge is 0.280 e. The molecule has 12 heteroatoms. The van der Waals surface area contributed by atoms with Crippen molar-refractivity contribution in [2.45, 2.75) is 44.1 Å². The summed E-state index contributed by atoms with van der Waals surface area (Å²) in [4.78, 5) is 19.1. The largest absolute Gasteiger partial charge is 0.354 e. The number of alkyl halides is 2. The molecule has 2 aromatic heterocycles. The number of carbonyl (C=O) groups is 1. The van der Waals surface area contributed by atoms with Gasteiger partial charge in [0.15, 0.2) is 11.5 Å². The molecule has 1 N–H and O–H groups in total. The van der Waals surface area contributed by atoms with Crippen LogP contribution in [0.1, 0.15) is 49.2 Å². The highest BCUT2D eigenvalue weighted by molar-refractivity contribution is 6.31. The van der Waals surface area contributed by atoms with E-state index in [4.69, 9.17) is 16.1 Å². The van der Waals surface area contributed by atoms with E-state index in [9.17, 15) is 18.0 Å². The lowest BCUT2D eigenvalue weighted by atomic mass is 9.95. The zero-order valence-electron chi connectivity index (χ0n) is 19.7. The minimum absolute atomic E-state index is 0.0399. The van der Waals surface area contributed by atoms with E-state index in [-0.39, 0.29) is 29.1 Å². The highest BCUT2D eigenvalue weighted by Gasteiger charge is 2.51. The van der Waals surface area contributed by atoms with Gasteiger partial charge in [-0.3, -0.25) is 9.48 Å². The summed E-state index contributed by atoms with van der Waals surface area (Å²) in [6, 6.07) is 5.29. The molecule has 3 heterocycles. The molecule has 8 nitrogen and oxygen atoms in total. The Bertz CT molecular complexity index is 1250. The Kier molecular flexibility index (Phi) is 6.78. The molecule has 5 rings (SSSR count). The minimum Gasteiger partial charge on any atom is -0.354 e. The lowest BCUT2D eigenvalue weighted by Crippen LogP contribution is -2.38. The number of nitrogens with zero attached hydrogens (tertiary/aromatic N) is 5. The van der Waals surface area contributed by atoms with E-state index in [0.717, 1.165) is 36.7 Å². The Balaban J connectivity index is 1.30. The second kappa shape index (κ2) is 9.85. The number of carbonyl (C=O) groups excluding carboxylic acids is 1. The van der Waals surface area contributed by atoms with Gasteiger partial charge in [0.2, 0.25) is 5.91 Å². The third-order valence-corrected chi connectivity index (χ3v) is 7.34. The Morgan fingerprint density at radius 3 is 2.69 bits per heavy atom. The van der Waals surface area contributed by atoms with Crippen molar-refractivity contribution in [3.63, 3.8) is 0 Å². The first kappa shape index (κ1) is 24.8. The molecule has 0 bridgehead atoms. The number of halogens is 4. The van der Waals surface area contributed by atoms with Gasteiger partial charge in [0, 0.05) is 11.6 Å². The van der Waals surface area contributed by atoms with Crippen LogP contribution in [0.4, 0.5) is 13.2 Å². The van der Waals surface area contributed by atoms with E-state index in [1.54, 1.807) is 6.07 Å². The molecule has 192 valence electrons. The van der Waals surface area contributed by atoms with Crippen molar-refractivity contribution < 1.29 is 22.5 Å². The summed E-state index contributed by atoms with van der Waals surface area (Å²) in [5.74, 6) is -0.181. The fraction of sp³-hybridized carbons (Fsp3) is 0.500. The monoisotopic (exact) mass is 522 g/mol. The summed E-state index contributed by atoms with van der Waals surface area (Å²) in [5, 5.41) is 11.3. The predicted molar refractivity (Wildman–Crippen MR) is 125 cm³/mol. The molecular formula is C24H26ClF3N6O2. The molecule has 2 fully saturated rings. The van der Waals surface area contributed by atoms with Crippen LogP contribution in [0.2, 0.25) is 5.02 Å². The molecule has 36 heavy (non-hydrogen) atoms. The zero-order valence-corrected chi connectivity index (χ0v) is 20.4.